The molecule has 2 aliphatic heterocycles. The summed E-state index contributed by atoms with van der Waals surface area (Å²) in [6.07, 6.45) is 7.49. The Morgan fingerprint density at radius 3 is 2.61 bits per heavy atom. The van der Waals surface area contributed by atoms with E-state index < -0.39 is 5.54 Å². The van der Waals surface area contributed by atoms with Crippen molar-refractivity contribution in [3.63, 3.8) is 0 Å². The number of likely N-dealkylation sites (tertiary alicyclic amines) is 1. The second-order valence-corrected chi connectivity index (χ2v) is 8.28. The quantitative estimate of drug-likeness (QED) is 0.670. The van der Waals surface area contributed by atoms with Crippen molar-refractivity contribution in [2.75, 3.05) is 19.6 Å². The fourth-order valence-electron chi connectivity index (χ4n) is 4.59. The summed E-state index contributed by atoms with van der Waals surface area (Å²) in [6, 6.07) is -0.387. The van der Waals surface area contributed by atoms with E-state index in [9.17, 15) is 19.2 Å². The van der Waals surface area contributed by atoms with Gasteiger partial charge in [-0.2, -0.15) is 0 Å². The van der Waals surface area contributed by atoms with Crippen LogP contribution in [0, 0.1) is 0 Å². The summed E-state index contributed by atoms with van der Waals surface area (Å²) in [5.74, 6) is -0.216. The van der Waals surface area contributed by atoms with Gasteiger partial charge in [-0.1, -0.05) is 26.2 Å². The standard InChI is InChI=1S/C20H32N4O4/c1-2-7-16(25)21-15-8-6-12-23(14-15)17(26)9-13-24-18(27)20(22-19(24)28)10-4-3-5-11-20/h15H,2-14H2,1H3,(H,21,25)(H,22,28). The fraction of sp³-hybridized carbons (Fsp3) is 0.800. The summed E-state index contributed by atoms with van der Waals surface area (Å²) in [6.45, 7) is 3.24. The first kappa shape index (κ1) is 20.6. The zero-order valence-corrected chi connectivity index (χ0v) is 16.8. The van der Waals surface area contributed by atoms with E-state index in [-0.39, 0.29) is 42.8 Å². The van der Waals surface area contributed by atoms with E-state index in [0.29, 0.717) is 32.4 Å². The predicted molar refractivity (Wildman–Crippen MR) is 103 cm³/mol. The van der Waals surface area contributed by atoms with Crippen molar-refractivity contribution in [3.8, 4) is 0 Å². The topological polar surface area (TPSA) is 98.8 Å². The van der Waals surface area contributed by atoms with Gasteiger partial charge in [0.1, 0.15) is 5.54 Å². The minimum Gasteiger partial charge on any atom is -0.352 e. The van der Waals surface area contributed by atoms with Gasteiger partial charge < -0.3 is 15.5 Å². The number of urea groups is 1. The number of carbonyl (C=O) groups is 4. The van der Waals surface area contributed by atoms with E-state index >= 15 is 0 Å². The summed E-state index contributed by atoms with van der Waals surface area (Å²) < 4.78 is 0. The van der Waals surface area contributed by atoms with Crippen LogP contribution >= 0.6 is 0 Å². The van der Waals surface area contributed by atoms with E-state index in [1.165, 1.54) is 4.90 Å². The Balaban J connectivity index is 1.50. The molecule has 1 aliphatic carbocycles. The molecule has 3 fully saturated rings. The molecule has 0 radical (unpaired) electrons. The molecule has 8 heteroatoms. The van der Waals surface area contributed by atoms with Crippen LogP contribution < -0.4 is 10.6 Å². The van der Waals surface area contributed by atoms with Gasteiger partial charge in [-0.25, -0.2) is 4.79 Å². The van der Waals surface area contributed by atoms with Gasteiger partial charge in [-0.3, -0.25) is 19.3 Å². The molecular formula is C20H32N4O4. The molecule has 1 saturated carbocycles. The van der Waals surface area contributed by atoms with Crippen LogP contribution in [-0.4, -0.2) is 64.8 Å². The summed E-state index contributed by atoms with van der Waals surface area (Å²) in [4.78, 5) is 52.5. The molecule has 5 amide bonds. The Labute approximate surface area is 166 Å². The zero-order valence-electron chi connectivity index (χ0n) is 16.8. The average Bonchev–Trinajstić information content (AvgIpc) is 2.90. The van der Waals surface area contributed by atoms with Gasteiger partial charge >= 0.3 is 6.03 Å². The molecule has 28 heavy (non-hydrogen) atoms. The van der Waals surface area contributed by atoms with Crippen LogP contribution in [0.2, 0.25) is 0 Å². The average molecular weight is 393 g/mol. The number of rotatable bonds is 6. The summed E-state index contributed by atoms with van der Waals surface area (Å²) in [7, 11) is 0. The van der Waals surface area contributed by atoms with Crippen molar-refractivity contribution in [1.82, 2.24) is 20.4 Å². The molecule has 2 saturated heterocycles. The van der Waals surface area contributed by atoms with Gasteiger partial charge in [0.15, 0.2) is 0 Å². The lowest BCUT2D eigenvalue weighted by Crippen LogP contribution is -2.50. The van der Waals surface area contributed by atoms with Crippen molar-refractivity contribution in [1.29, 1.82) is 0 Å². The second kappa shape index (κ2) is 8.92. The van der Waals surface area contributed by atoms with Gasteiger partial charge in [0.25, 0.3) is 5.91 Å². The first-order valence-electron chi connectivity index (χ1n) is 10.7. The Morgan fingerprint density at radius 2 is 1.89 bits per heavy atom. The lowest BCUT2D eigenvalue weighted by molar-refractivity contribution is -0.135. The number of nitrogens with zero attached hydrogens (tertiary/aromatic N) is 2. The molecule has 0 aromatic carbocycles. The molecule has 3 rings (SSSR count). The highest BCUT2D eigenvalue weighted by Gasteiger charge is 2.51. The van der Waals surface area contributed by atoms with Crippen LogP contribution in [0.1, 0.15) is 71.1 Å². The maximum absolute atomic E-state index is 12.8. The van der Waals surface area contributed by atoms with Crippen molar-refractivity contribution in [2.24, 2.45) is 0 Å². The molecule has 0 aromatic rings. The molecule has 1 unspecified atom stereocenters. The molecule has 2 N–H and O–H groups in total. The highest BCUT2D eigenvalue weighted by molar-refractivity contribution is 6.07. The Morgan fingerprint density at radius 1 is 1.14 bits per heavy atom. The van der Waals surface area contributed by atoms with Crippen molar-refractivity contribution >= 4 is 23.8 Å². The van der Waals surface area contributed by atoms with Crippen LogP contribution in [0.4, 0.5) is 4.79 Å². The third-order valence-electron chi connectivity index (χ3n) is 6.12. The van der Waals surface area contributed by atoms with Crippen molar-refractivity contribution < 1.29 is 19.2 Å². The first-order chi connectivity index (χ1) is 13.4. The number of piperidine rings is 1. The fourth-order valence-corrected chi connectivity index (χ4v) is 4.59. The number of hydrogen-bond acceptors (Lipinski definition) is 4. The maximum atomic E-state index is 12.8. The highest BCUT2D eigenvalue weighted by Crippen LogP contribution is 2.33. The highest BCUT2D eigenvalue weighted by atomic mass is 16.2. The van der Waals surface area contributed by atoms with E-state index in [2.05, 4.69) is 10.6 Å². The predicted octanol–water partition coefficient (Wildman–Crippen LogP) is 1.54. The smallest absolute Gasteiger partial charge is 0.325 e. The SMILES string of the molecule is CCCC(=O)NC1CCCN(C(=O)CCN2C(=O)NC3(CCCCC3)C2=O)C1. The van der Waals surface area contributed by atoms with E-state index in [0.717, 1.165) is 38.5 Å². The molecule has 2 heterocycles. The molecule has 8 nitrogen and oxygen atoms in total. The lowest BCUT2D eigenvalue weighted by atomic mass is 9.82. The largest absolute Gasteiger partial charge is 0.352 e. The van der Waals surface area contributed by atoms with Crippen LogP contribution in [0.25, 0.3) is 0 Å². The van der Waals surface area contributed by atoms with Crippen LogP contribution in [0.5, 0.6) is 0 Å². The molecule has 156 valence electrons. The second-order valence-electron chi connectivity index (χ2n) is 8.28. The summed E-state index contributed by atoms with van der Waals surface area (Å²) in [5.41, 5.74) is -0.738. The Kier molecular flexibility index (Phi) is 6.57. The molecule has 1 spiro atoms. The number of amides is 5. The number of nitrogens with one attached hydrogen (secondary N) is 2. The van der Waals surface area contributed by atoms with E-state index in [4.69, 9.17) is 0 Å². The minimum atomic E-state index is -0.738. The minimum absolute atomic E-state index is 0.0148. The molecule has 0 bridgehead atoms. The van der Waals surface area contributed by atoms with E-state index in [1.807, 2.05) is 6.92 Å². The van der Waals surface area contributed by atoms with Crippen molar-refractivity contribution in [3.05, 3.63) is 0 Å². The van der Waals surface area contributed by atoms with Crippen LogP contribution in [0.3, 0.4) is 0 Å². The number of imide groups is 1. The molecule has 1 atom stereocenters. The zero-order chi connectivity index (χ0) is 20.1. The maximum Gasteiger partial charge on any atom is 0.325 e. The molecular weight excluding hydrogens is 360 g/mol. The van der Waals surface area contributed by atoms with Gasteiger partial charge in [0, 0.05) is 38.5 Å². The Bertz CT molecular complexity index is 630. The molecule has 0 aromatic heterocycles. The lowest BCUT2D eigenvalue weighted by Gasteiger charge is -2.33. The van der Waals surface area contributed by atoms with Crippen LogP contribution in [0.15, 0.2) is 0 Å². The summed E-state index contributed by atoms with van der Waals surface area (Å²) in [5, 5.41) is 5.87. The molecule has 3 aliphatic rings. The van der Waals surface area contributed by atoms with Gasteiger partial charge in [-0.05, 0) is 32.1 Å². The van der Waals surface area contributed by atoms with Gasteiger partial charge in [0.2, 0.25) is 11.8 Å². The van der Waals surface area contributed by atoms with Crippen LogP contribution in [-0.2, 0) is 14.4 Å². The third-order valence-corrected chi connectivity index (χ3v) is 6.12. The van der Waals surface area contributed by atoms with Gasteiger partial charge in [0.05, 0.1) is 0 Å². The monoisotopic (exact) mass is 392 g/mol. The number of carbonyl (C=O) groups excluding carboxylic acids is 4. The van der Waals surface area contributed by atoms with Crippen molar-refractivity contribution in [2.45, 2.75) is 82.7 Å². The summed E-state index contributed by atoms with van der Waals surface area (Å²) >= 11 is 0. The first-order valence-corrected chi connectivity index (χ1v) is 10.7. The Hall–Kier alpha value is -2.12. The normalized spacial score (nSPS) is 24.4. The number of hydrogen-bond donors (Lipinski definition) is 2. The third kappa shape index (κ3) is 4.47. The van der Waals surface area contributed by atoms with Gasteiger partial charge in [-0.15, -0.1) is 0 Å². The van der Waals surface area contributed by atoms with E-state index in [1.54, 1.807) is 4.90 Å².